The van der Waals surface area contributed by atoms with Crippen molar-refractivity contribution in [1.29, 1.82) is 0 Å². The Bertz CT molecular complexity index is 380. The topological polar surface area (TPSA) is 24.5 Å². The van der Waals surface area contributed by atoms with Crippen LogP contribution in [0.25, 0.3) is 0 Å². The highest BCUT2D eigenvalue weighted by atomic mass is 35.5. The first kappa shape index (κ1) is 17.3. The predicted molar refractivity (Wildman–Crippen MR) is 87.0 cm³/mol. The third-order valence-electron chi connectivity index (χ3n) is 3.79. The minimum atomic E-state index is 0. The second kappa shape index (κ2) is 9.22. The molecule has 1 aromatic rings. The largest absolute Gasteiger partial charge is 0.492 e. The van der Waals surface area contributed by atoms with Crippen molar-refractivity contribution in [1.82, 2.24) is 10.2 Å². The van der Waals surface area contributed by atoms with Crippen LogP contribution in [0.15, 0.2) is 24.3 Å². The van der Waals surface area contributed by atoms with Gasteiger partial charge in [0.15, 0.2) is 0 Å². The lowest BCUT2D eigenvalue weighted by Crippen LogP contribution is -2.38. The summed E-state index contributed by atoms with van der Waals surface area (Å²) in [5, 5.41) is 3.47. The first-order valence-corrected chi connectivity index (χ1v) is 7.33. The molecule has 0 saturated carbocycles. The van der Waals surface area contributed by atoms with E-state index in [4.69, 9.17) is 4.74 Å². The van der Waals surface area contributed by atoms with Gasteiger partial charge in [-0.3, -0.25) is 0 Å². The van der Waals surface area contributed by atoms with Gasteiger partial charge < -0.3 is 15.0 Å². The molecule has 1 N–H and O–H groups in total. The van der Waals surface area contributed by atoms with Crippen LogP contribution in [0.2, 0.25) is 0 Å². The highest BCUT2D eigenvalue weighted by Crippen LogP contribution is 2.16. The first-order chi connectivity index (χ1) is 9.25. The van der Waals surface area contributed by atoms with E-state index in [0.717, 1.165) is 24.8 Å². The molecule has 1 aromatic carbocycles. The number of para-hydroxylation sites is 1. The van der Waals surface area contributed by atoms with Gasteiger partial charge in [-0.15, -0.1) is 12.4 Å². The highest BCUT2D eigenvalue weighted by molar-refractivity contribution is 5.85. The smallest absolute Gasteiger partial charge is 0.122 e. The molecule has 4 heteroatoms. The monoisotopic (exact) mass is 298 g/mol. The van der Waals surface area contributed by atoms with Crippen LogP contribution in [0, 0.1) is 12.8 Å². The lowest BCUT2D eigenvalue weighted by atomic mass is 9.99. The number of aryl methyl sites for hydroxylation is 1. The predicted octanol–water partition coefficient (Wildman–Crippen LogP) is 2.73. The van der Waals surface area contributed by atoms with E-state index in [1.165, 1.54) is 38.0 Å². The summed E-state index contributed by atoms with van der Waals surface area (Å²) >= 11 is 0. The first-order valence-electron chi connectivity index (χ1n) is 7.33. The number of nitrogens with zero attached hydrogens (tertiary/aromatic N) is 1. The molecule has 114 valence electrons. The summed E-state index contributed by atoms with van der Waals surface area (Å²) in [6, 6.07) is 8.21. The summed E-state index contributed by atoms with van der Waals surface area (Å²) in [5.41, 5.74) is 1.21. The number of ether oxygens (including phenoxy) is 1. The van der Waals surface area contributed by atoms with Crippen molar-refractivity contribution >= 4 is 12.4 Å². The van der Waals surface area contributed by atoms with Crippen LogP contribution in [0.1, 0.15) is 18.4 Å². The van der Waals surface area contributed by atoms with E-state index in [9.17, 15) is 0 Å². The van der Waals surface area contributed by atoms with Crippen LogP contribution < -0.4 is 10.1 Å². The van der Waals surface area contributed by atoms with Gasteiger partial charge >= 0.3 is 0 Å². The van der Waals surface area contributed by atoms with Crippen molar-refractivity contribution < 1.29 is 4.74 Å². The molecule has 1 saturated heterocycles. The fourth-order valence-corrected chi connectivity index (χ4v) is 2.64. The molecule has 0 amide bonds. The van der Waals surface area contributed by atoms with Gasteiger partial charge in [-0.1, -0.05) is 18.2 Å². The normalized spacial score (nSPS) is 18.6. The van der Waals surface area contributed by atoms with E-state index in [1.54, 1.807) is 0 Å². The highest BCUT2D eigenvalue weighted by Gasteiger charge is 2.14. The zero-order valence-electron chi connectivity index (χ0n) is 12.6. The average molecular weight is 299 g/mol. The quantitative estimate of drug-likeness (QED) is 0.874. The van der Waals surface area contributed by atoms with E-state index in [-0.39, 0.29) is 12.4 Å². The maximum absolute atomic E-state index is 5.84. The Kier molecular flexibility index (Phi) is 7.97. The van der Waals surface area contributed by atoms with Crippen LogP contribution in [-0.2, 0) is 0 Å². The van der Waals surface area contributed by atoms with Crippen molar-refractivity contribution in [3.05, 3.63) is 29.8 Å². The summed E-state index contributed by atoms with van der Waals surface area (Å²) in [7, 11) is 2.19. The summed E-state index contributed by atoms with van der Waals surface area (Å²) in [6.07, 6.45) is 2.67. The number of hydrogen-bond acceptors (Lipinski definition) is 3. The molecule has 1 aliphatic heterocycles. The van der Waals surface area contributed by atoms with Crippen LogP contribution in [0.3, 0.4) is 0 Å². The summed E-state index contributed by atoms with van der Waals surface area (Å²) in [5.74, 6) is 1.81. The zero-order valence-corrected chi connectivity index (χ0v) is 13.4. The Balaban J connectivity index is 0.00000200. The molecule has 1 aliphatic rings. The average Bonchev–Trinajstić information content (AvgIpc) is 2.42. The molecule has 20 heavy (non-hydrogen) atoms. The van der Waals surface area contributed by atoms with Gasteiger partial charge in [0, 0.05) is 13.1 Å². The SMILES string of the molecule is Cc1ccccc1OCCN(C)CC1CCCNC1.Cl. The fourth-order valence-electron chi connectivity index (χ4n) is 2.64. The van der Waals surface area contributed by atoms with Gasteiger partial charge in [-0.2, -0.15) is 0 Å². The summed E-state index contributed by atoms with van der Waals surface area (Å²) in [4.78, 5) is 2.38. The molecule has 2 rings (SSSR count). The molecule has 0 radical (unpaired) electrons. The van der Waals surface area contributed by atoms with E-state index in [1.807, 2.05) is 18.2 Å². The van der Waals surface area contributed by atoms with E-state index >= 15 is 0 Å². The maximum atomic E-state index is 5.84. The molecule has 1 fully saturated rings. The Morgan fingerprint density at radius 3 is 2.85 bits per heavy atom. The van der Waals surface area contributed by atoms with E-state index < -0.39 is 0 Å². The second-order valence-corrected chi connectivity index (χ2v) is 5.59. The number of nitrogens with one attached hydrogen (secondary N) is 1. The minimum Gasteiger partial charge on any atom is -0.492 e. The standard InChI is InChI=1S/C16H26N2O.ClH/c1-14-6-3-4-8-16(14)19-11-10-18(2)13-15-7-5-9-17-12-15;/h3-4,6,8,15,17H,5,7,9-13H2,1-2H3;1H. The third kappa shape index (κ3) is 5.70. The molecule has 3 nitrogen and oxygen atoms in total. The van der Waals surface area contributed by atoms with Gasteiger partial charge in [0.1, 0.15) is 12.4 Å². The van der Waals surface area contributed by atoms with Crippen LogP contribution in [0.4, 0.5) is 0 Å². The van der Waals surface area contributed by atoms with Crippen molar-refractivity contribution in [2.75, 3.05) is 39.8 Å². The number of hydrogen-bond donors (Lipinski definition) is 1. The second-order valence-electron chi connectivity index (χ2n) is 5.59. The summed E-state index contributed by atoms with van der Waals surface area (Å²) < 4.78 is 5.84. The lowest BCUT2D eigenvalue weighted by Gasteiger charge is -2.27. The molecule has 1 heterocycles. The summed E-state index contributed by atoms with van der Waals surface area (Å²) in [6.45, 7) is 7.38. The number of piperidine rings is 1. The Morgan fingerprint density at radius 2 is 2.15 bits per heavy atom. The van der Waals surface area contributed by atoms with Crippen molar-refractivity contribution in [2.45, 2.75) is 19.8 Å². The van der Waals surface area contributed by atoms with Gasteiger partial charge in [0.25, 0.3) is 0 Å². The van der Waals surface area contributed by atoms with E-state index in [0.29, 0.717) is 0 Å². The van der Waals surface area contributed by atoms with Gasteiger partial charge in [0.05, 0.1) is 0 Å². The Morgan fingerprint density at radius 1 is 1.35 bits per heavy atom. The molecular formula is C16H27ClN2O. The maximum Gasteiger partial charge on any atom is 0.122 e. The van der Waals surface area contributed by atoms with Crippen molar-refractivity contribution in [3.63, 3.8) is 0 Å². The van der Waals surface area contributed by atoms with Gasteiger partial charge in [-0.05, 0) is 57.5 Å². The molecule has 1 unspecified atom stereocenters. The van der Waals surface area contributed by atoms with Gasteiger partial charge in [0.2, 0.25) is 0 Å². The molecule has 1 atom stereocenters. The zero-order chi connectivity index (χ0) is 13.5. The van der Waals surface area contributed by atoms with E-state index in [2.05, 4.69) is 30.3 Å². The van der Waals surface area contributed by atoms with Crippen molar-refractivity contribution in [3.8, 4) is 5.75 Å². The molecular weight excluding hydrogens is 272 g/mol. The Hall–Kier alpha value is -0.770. The number of benzene rings is 1. The molecule has 0 spiro atoms. The van der Waals surface area contributed by atoms with Crippen LogP contribution in [-0.4, -0.2) is 44.7 Å². The van der Waals surface area contributed by atoms with Gasteiger partial charge in [-0.25, -0.2) is 0 Å². The number of halogens is 1. The fraction of sp³-hybridized carbons (Fsp3) is 0.625. The Labute approximate surface area is 129 Å². The minimum absolute atomic E-state index is 0. The van der Waals surface area contributed by atoms with Crippen LogP contribution >= 0.6 is 12.4 Å². The molecule has 0 aliphatic carbocycles. The number of likely N-dealkylation sites (N-methyl/N-ethyl adjacent to an activating group) is 1. The third-order valence-corrected chi connectivity index (χ3v) is 3.79. The lowest BCUT2D eigenvalue weighted by molar-refractivity contribution is 0.200. The molecule has 0 aromatic heterocycles. The van der Waals surface area contributed by atoms with Crippen LogP contribution in [0.5, 0.6) is 5.75 Å². The number of rotatable bonds is 6. The van der Waals surface area contributed by atoms with Crippen molar-refractivity contribution in [2.24, 2.45) is 5.92 Å². The molecule has 0 bridgehead atoms.